The first-order valence-electron chi connectivity index (χ1n) is 6.41. The lowest BCUT2D eigenvalue weighted by atomic mass is 10.3. The van der Waals surface area contributed by atoms with Crippen LogP contribution in [0.4, 0.5) is 0 Å². The van der Waals surface area contributed by atoms with Crippen molar-refractivity contribution < 1.29 is 4.74 Å². The normalized spacial score (nSPS) is 12.4. The molecule has 0 aliphatic heterocycles. The number of aromatic nitrogens is 4. The van der Waals surface area contributed by atoms with Gasteiger partial charge in [-0.15, -0.1) is 0 Å². The average Bonchev–Trinajstić information content (AvgIpc) is 2.68. The molecule has 0 amide bonds. The molecule has 0 radical (unpaired) electrons. The maximum atomic E-state index is 12.0. The van der Waals surface area contributed by atoms with E-state index in [1.165, 1.54) is 16.9 Å². The molecule has 108 valence electrons. The monoisotopic (exact) mass is 277 g/mol. The van der Waals surface area contributed by atoms with Crippen molar-refractivity contribution >= 4 is 0 Å². The van der Waals surface area contributed by atoms with Gasteiger partial charge in [-0.25, -0.2) is 4.68 Å². The van der Waals surface area contributed by atoms with E-state index in [2.05, 4.69) is 10.2 Å². The molecule has 2 aromatic rings. The van der Waals surface area contributed by atoms with Gasteiger partial charge in [0.05, 0.1) is 24.1 Å². The fraction of sp³-hybridized carbons (Fsp3) is 0.462. The molecular weight excluding hydrogens is 258 g/mol. The maximum absolute atomic E-state index is 12.0. The van der Waals surface area contributed by atoms with E-state index >= 15 is 0 Å². The molecular formula is C13H19N5O2. The van der Waals surface area contributed by atoms with Crippen LogP contribution in [-0.4, -0.2) is 32.2 Å². The van der Waals surface area contributed by atoms with E-state index in [0.717, 1.165) is 11.4 Å². The summed E-state index contributed by atoms with van der Waals surface area (Å²) in [5.74, 6) is 0.435. The SMILES string of the molecule is Cc1cc(Cn2ncc(OCC(C)N)cc2=O)n(C)n1. The summed E-state index contributed by atoms with van der Waals surface area (Å²) in [6.07, 6.45) is 1.52. The third kappa shape index (κ3) is 3.45. The van der Waals surface area contributed by atoms with Gasteiger partial charge < -0.3 is 10.5 Å². The predicted molar refractivity (Wildman–Crippen MR) is 74.7 cm³/mol. The van der Waals surface area contributed by atoms with Crippen LogP contribution in [0.25, 0.3) is 0 Å². The second kappa shape index (κ2) is 5.87. The van der Waals surface area contributed by atoms with Crippen LogP contribution < -0.4 is 16.0 Å². The van der Waals surface area contributed by atoms with E-state index in [1.807, 2.05) is 27.0 Å². The van der Waals surface area contributed by atoms with E-state index < -0.39 is 0 Å². The predicted octanol–water partition coefficient (Wildman–Crippen LogP) is 0.0595. The van der Waals surface area contributed by atoms with Crippen LogP contribution in [0.2, 0.25) is 0 Å². The van der Waals surface area contributed by atoms with E-state index in [-0.39, 0.29) is 11.6 Å². The molecule has 0 aliphatic rings. The first-order valence-corrected chi connectivity index (χ1v) is 6.41. The van der Waals surface area contributed by atoms with Crippen molar-refractivity contribution in [3.63, 3.8) is 0 Å². The van der Waals surface area contributed by atoms with Crippen LogP contribution in [0.15, 0.2) is 23.1 Å². The number of rotatable bonds is 5. The summed E-state index contributed by atoms with van der Waals surface area (Å²) in [5, 5.41) is 8.34. The van der Waals surface area contributed by atoms with E-state index in [9.17, 15) is 4.79 Å². The molecule has 0 saturated carbocycles. The highest BCUT2D eigenvalue weighted by Gasteiger charge is 2.07. The zero-order valence-electron chi connectivity index (χ0n) is 11.9. The minimum Gasteiger partial charge on any atom is -0.490 e. The van der Waals surface area contributed by atoms with E-state index in [4.69, 9.17) is 10.5 Å². The second-order valence-corrected chi connectivity index (χ2v) is 4.88. The van der Waals surface area contributed by atoms with Gasteiger partial charge in [0.25, 0.3) is 5.56 Å². The summed E-state index contributed by atoms with van der Waals surface area (Å²) >= 11 is 0. The molecule has 1 unspecified atom stereocenters. The van der Waals surface area contributed by atoms with E-state index in [1.54, 1.807) is 4.68 Å². The fourth-order valence-electron chi connectivity index (χ4n) is 1.81. The lowest BCUT2D eigenvalue weighted by Gasteiger charge is -2.09. The minimum atomic E-state index is -0.217. The van der Waals surface area contributed by atoms with Crippen molar-refractivity contribution in [2.45, 2.75) is 26.4 Å². The minimum absolute atomic E-state index is 0.0881. The highest BCUT2D eigenvalue weighted by molar-refractivity contribution is 5.15. The maximum Gasteiger partial charge on any atom is 0.270 e. The van der Waals surface area contributed by atoms with Crippen molar-refractivity contribution in [3.05, 3.63) is 40.1 Å². The lowest BCUT2D eigenvalue weighted by Crippen LogP contribution is -2.26. The van der Waals surface area contributed by atoms with E-state index in [0.29, 0.717) is 18.9 Å². The molecule has 0 aliphatic carbocycles. The summed E-state index contributed by atoms with van der Waals surface area (Å²) in [6, 6.07) is 3.25. The summed E-state index contributed by atoms with van der Waals surface area (Å²) < 4.78 is 8.47. The standard InChI is InChI=1S/C13H19N5O2/c1-9(14)8-20-12-5-13(19)18(15-6-12)7-11-4-10(2)16-17(11)3/h4-6,9H,7-8,14H2,1-3H3. The first-order chi connectivity index (χ1) is 9.45. The Hall–Kier alpha value is -2.15. The Kier molecular flexibility index (Phi) is 4.19. The van der Waals surface area contributed by atoms with Gasteiger partial charge in [0, 0.05) is 19.2 Å². The largest absolute Gasteiger partial charge is 0.490 e. The third-order valence-corrected chi connectivity index (χ3v) is 2.77. The molecule has 0 aromatic carbocycles. The number of aryl methyl sites for hydroxylation is 2. The molecule has 2 rings (SSSR count). The topological polar surface area (TPSA) is 88.0 Å². The summed E-state index contributed by atoms with van der Waals surface area (Å²) in [4.78, 5) is 12.0. The van der Waals surface area contributed by atoms with Gasteiger partial charge in [0.1, 0.15) is 12.4 Å². The molecule has 2 aromatic heterocycles. The van der Waals surface area contributed by atoms with Crippen molar-refractivity contribution in [3.8, 4) is 5.75 Å². The van der Waals surface area contributed by atoms with Crippen molar-refractivity contribution in [1.82, 2.24) is 19.6 Å². The molecule has 1 atom stereocenters. The number of hydrogen-bond donors (Lipinski definition) is 1. The van der Waals surface area contributed by atoms with Crippen LogP contribution in [0.5, 0.6) is 5.75 Å². The highest BCUT2D eigenvalue weighted by atomic mass is 16.5. The Bertz CT molecular complexity index is 644. The summed E-state index contributed by atoms with van der Waals surface area (Å²) in [6.45, 7) is 4.47. The van der Waals surface area contributed by atoms with Crippen LogP contribution in [0, 0.1) is 6.92 Å². The number of ether oxygens (including phenoxy) is 1. The van der Waals surface area contributed by atoms with Gasteiger partial charge in [-0.05, 0) is 19.9 Å². The van der Waals surface area contributed by atoms with Gasteiger partial charge in [-0.2, -0.15) is 10.2 Å². The molecule has 0 spiro atoms. The van der Waals surface area contributed by atoms with Gasteiger partial charge in [0.2, 0.25) is 0 Å². The quantitative estimate of drug-likeness (QED) is 0.835. The zero-order valence-corrected chi connectivity index (χ0v) is 11.9. The Morgan fingerprint density at radius 1 is 1.45 bits per heavy atom. The van der Waals surface area contributed by atoms with Crippen molar-refractivity contribution in [2.75, 3.05) is 6.61 Å². The average molecular weight is 277 g/mol. The Labute approximate surface area is 117 Å². The number of nitrogens with two attached hydrogens (primary N) is 1. The van der Waals surface area contributed by atoms with Crippen LogP contribution >= 0.6 is 0 Å². The van der Waals surface area contributed by atoms with Gasteiger partial charge in [-0.3, -0.25) is 9.48 Å². The van der Waals surface area contributed by atoms with Crippen LogP contribution in [0.3, 0.4) is 0 Å². The molecule has 0 saturated heterocycles. The van der Waals surface area contributed by atoms with Gasteiger partial charge in [-0.1, -0.05) is 0 Å². The highest BCUT2D eigenvalue weighted by Crippen LogP contribution is 2.06. The second-order valence-electron chi connectivity index (χ2n) is 4.88. The zero-order chi connectivity index (χ0) is 14.7. The molecule has 2 heterocycles. The van der Waals surface area contributed by atoms with Crippen LogP contribution in [0.1, 0.15) is 18.3 Å². The van der Waals surface area contributed by atoms with Crippen LogP contribution in [-0.2, 0) is 13.6 Å². The Morgan fingerprint density at radius 2 is 2.20 bits per heavy atom. The molecule has 7 heteroatoms. The fourth-order valence-corrected chi connectivity index (χ4v) is 1.81. The lowest BCUT2D eigenvalue weighted by molar-refractivity contribution is 0.293. The van der Waals surface area contributed by atoms with Crippen molar-refractivity contribution in [1.29, 1.82) is 0 Å². The third-order valence-electron chi connectivity index (χ3n) is 2.77. The smallest absolute Gasteiger partial charge is 0.270 e. The number of hydrogen-bond acceptors (Lipinski definition) is 5. The molecule has 20 heavy (non-hydrogen) atoms. The Balaban J connectivity index is 2.14. The molecule has 0 bridgehead atoms. The summed E-state index contributed by atoms with van der Waals surface area (Å²) in [5.41, 5.74) is 7.20. The molecule has 7 nitrogen and oxygen atoms in total. The molecule has 0 fully saturated rings. The summed E-state index contributed by atoms with van der Waals surface area (Å²) in [7, 11) is 1.84. The van der Waals surface area contributed by atoms with Crippen molar-refractivity contribution in [2.24, 2.45) is 12.8 Å². The number of nitrogens with zero attached hydrogens (tertiary/aromatic N) is 4. The van der Waals surface area contributed by atoms with Gasteiger partial charge in [0.15, 0.2) is 0 Å². The van der Waals surface area contributed by atoms with Gasteiger partial charge >= 0.3 is 0 Å². The first kappa shape index (κ1) is 14.3. The molecule has 2 N–H and O–H groups in total. The Morgan fingerprint density at radius 3 is 2.75 bits per heavy atom.